The quantitative estimate of drug-likeness (QED) is 0.0164. The topological polar surface area (TPSA) is 379 Å². The number of thioether (sulfide) groups is 2. The summed E-state index contributed by atoms with van der Waals surface area (Å²) in [6.07, 6.45) is 6.40. The van der Waals surface area contributed by atoms with Gasteiger partial charge in [-0.3, -0.25) is 34.3 Å². The molecule has 5 aromatic rings. The molecule has 0 radical (unpaired) electrons. The summed E-state index contributed by atoms with van der Waals surface area (Å²) in [5.74, 6) is -6.20. The van der Waals surface area contributed by atoms with Crippen molar-refractivity contribution in [2.45, 2.75) is 134 Å². The Morgan fingerprint density at radius 1 is 0.691 bits per heavy atom. The number of esters is 2. The number of carbonyl (C=O) groups is 9. The first-order valence-corrected chi connectivity index (χ1v) is 33.5. The van der Waals surface area contributed by atoms with E-state index in [1.54, 1.807) is 102 Å². The number of oxime groups is 2. The van der Waals surface area contributed by atoms with Crippen LogP contribution in [-0.4, -0.2) is 154 Å². The fraction of sp³-hybridized carbons (Fsp3) is 0.393. The Kier molecular flexibility index (Phi) is 24.6. The van der Waals surface area contributed by atoms with Crippen LogP contribution in [0.3, 0.4) is 0 Å². The van der Waals surface area contributed by atoms with Gasteiger partial charge < -0.3 is 77.0 Å². The van der Waals surface area contributed by atoms with E-state index >= 15 is 0 Å². The Morgan fingerprint density at radius 2 is 1.15 bits per heavy atom. The van der Waals surface area contributed by atoms with E-state index < -0.39 is 110 Å². The first-order chi connectivity index (χ1) is 45.1. The van der Waals surface area contributed by atoms with Crippen LogP contribution >= 0.6 is 69.4 Å². The molecule has 0 saturated carbocycles. The molecule has 4 aromatic heterocycles. The molecule has 2 saturated heterocycles. The van der Waals surface area contributed by atoms with Gasteiger partial charge in [0.05, 0.1) is 18.8 Å². The number of ether oxygens (including phenoxy) is 4. The van der Waals surface area contributed by atoms with Crippen LogP contribution in [0.4, 0.5) is 15.1 Å². The van der Waals surface area contributed by atoms with Crippen LogP contribution in [0.25, 0.3) is 0 Å². The number of aromatic nitrogens is 4. The van der Waals surface area contributed by atoms with Gasteiger partial charge in [0.25, 0.3) is 23.6 Å². The molecule has 29 nitrogen and oxygen atoms in total. The van der Waals surface area contributed by atoms with Crippen LogP contribution in [0.5, 0.6) is 5.75 Å². The van der Waals surface area contributed by atoms with E-state index in [0.29, 0.717) is 34.8 Å². The van der Waals surface area contributed by atoms with Gasteiger partial charge in [0.15, 0.2) is 59.6 Å². The summed E-state index contributed by atoms with van der Waals surface area (Å²) in [4.78, 5) is 139. The number of pyridine rings is 2. The van der Waals surface area contributed by atoms with Gasteiger partial charge >= 0.3 is 24.0 Å². The van der Waals surface area contributed by atoms with Crippen LogP contribution in [-0.2, 0) is 81.9 Å². The summed E-state index contributed by atoms with van der Waals surface area (Å²) in [5.41, 5.74) is 0.827. The van der Waals surface area contributed by atoms with E-state index in [2.05, 4.69) is 36.2 Å². The number of nitrogens with zero attached hydrogens (tertiary/aromatic N) is 8. The van der Waals surface area contributed by atoms with Crippen LogP contribution in [0.15, 0.2) is 118 Å². The molecule has 6 N–H and O–H groups in total. The third kappa shape index (κ3) is 18.8. The van der Waals surface area contributed by atoms with Crippen LogP contribution in [0.2, 0.25) is 8.67 Å². The largest absolute Gasteiger partial charge is 1.00 e. The van der Waals surface area contributed by atoms with Crippen molar-refractivity contribution in [3.8, 4) is 5.75 Å². The summed E-state index contributed by atoms with van der Waals surface area (Å²) < 4.78 is 25.3. The Hall–Kier alpha value is -8.41. The molecule has 518 valence electrons. The second-order valence-electron chi connectivity index (χ2n) is 24.3. The molecule has 0 spiro atoms. The van der Waals surface area contributed by atoms with Gasteiger partial charge in [-0.15, -0.1) is 23.5 Å². The lowest BCUT2D eigenvalue weighted by atomic mass is 10.0. The van der Waals surface area contributed by atoms with E-state index in [1.165, 1.54) is 56.1 Å². The minimum atomic E-state index is -1.80. The number of nitrogens with two attached hydrogens (primary N) is 1. The molecule has 97 heavy (non-hydrogen) atoms. The lowest BCUT2D eigenvalue weighted by Gasteiger charge is -2.50. The number of aliphatic carboxylic acids is 2. The zero-order chi connectivity index (χ0) is 70.4. The Balaban J connectivity index is 0.000000294. The molecule has 4 unspecified atom stereocenters. The SMILES string of the molecule is CC(C)(O/N=C(\C(=O)NC1C(=O)N2C(C(=O)[O-])=C(C[n+]3ccccc3)CSC12)c1nc(N)sc1Cl)C(=O)O.COc1ccc(COC(=O)C2=C(C[n+]3ccccc3)CSC3C(NC(=O)/C(=N\OC(C)(C)C(=O)OC(C)(C)C)c4nc(NC(=O)OC(C)(C)C)sc4Cl)C(=O)N23)cc1.[Br-]. The molecule has 4 aliphatic rings. The highest BCUT2D eigenvalue weighted by Gasteiger charge is 2.56. The van der Waals surface area contributed by atoms with Crippen molar-refractivity contribution in [1.29, 1.82) is 0 Å². The number of carboxylic acid groups (broad SMARTS) is 2. The van der Waals surface area contributed by atoms with E-state index in [0.717, 1.165) is 27.6 Å². The number of nitrogens with one attached hydrogen (secondary N) is 3. The predicted octanol–water partition coefficient (Wildman–Crippen LogP) is 1.74. The fourth-order valence-electron chi connectivity index (χ4n) is 9.00. The van der Waals surface area contributed by atoms with Crippen LogP contribution < -0.4 is 57.6 Å². The van der Waals surface area contributed by atoms with Crippen molar-refractivity contribution in [2.75, 3.05) is 29.7 Å². The van der Waals surface area contributed by atoms with Gasteiger partial charge in [0.1, 0.15) is 72.1 Å². The third-order valence-electron chi connectivity index (χ3n) is 13.7. The zero-order valence-corrected chi connectivity index (χ0v) is 60.2. The van der Waals surface area contributed by atoms with Crippen LogP contribution in [0.1, 0.15) is 86.2 Å². The predicted molar refractivity (Wildman–Crippen MR) is 351 cm³/mol. The maximum absolute atomic E-state index is 14.1. The number of carbonyl (C=O) groups excluding carboxylic acids is 8. The lowest BCUT2D eigenvalue weighted by Crippen LogP contribution is -3.00. The summed E-state index contributed by atoms with van der Waals surface area (Å²) in [6, 6.07) is 15.8. The number of halogens is 3. The molecule has 5 amide bonds. The standard InChI is InChI=1S/C39H45ClN6O10S2.C22H21ClN6O7S2.BrH/c1-37(2,3)54-34(50)39(7,8)56-44-26(25-29(40)58-35(42-25)43-36(51)55-38(4,5)6)30(47)41-27-31(48)46-28(33(49)53-20-22-13-15-24(52-9)16-14-22)23(21-57-32(27)46)19-45-17-11-10-12-18-45;1-22(2,20(34)35)36-27-12(11-15(23)38-21(24)26-11)16(30)25-13-17(31)29-14(19(32)33)10(9-37-18(13)29)8-28-6-4-3-5-7-28;/h10-18,27,32H,19-21H2,1-9H3,(H-,41,42,43,47,51);3-7,13,18H,8-9H2,1-2H3,(H4-,24,25,26,30,32,33,34,35);1H/b44-26-;27-12-;. The Labute approximate surface area is 592 Å². The lowest BCUT2D eigenvalue weighted by molar-refractivity contribution is -0.689. The highest BCUT2D eigenvalue weighted by molar-refractivity contribution is 8.00. The number of carboxylic acids is 2. The number of rotatable bonds is 22. The summed E-state index contributed by atoms with van der Waals surface area (Å²) in [6.45, 7) is 15.8. The highest BCUT2D eigenvalue weighted by Crippen LogP contribution is 2.43. The Bertz CT molecular complexity index is 3990. The van der Waals surface area contributed by atoms with Gasteiger partial charge in [0, 0.05) is 46.9 Å². The molecular formula is C61H67BrCl2N12O17S4. The maximum Gasteiger partial charge on any atom is 0.413 e. The summed E-state index contributed by atoms with van der Waals surface area (Å²) in [5, 5.41) is 35.2. The van der Waals surface area contributed by atoms with Gasteiger partial charge in [-0.1, -0.05) is 80.5 Å². The van der Waals surface area contributed by atoms with Gasteiger partial charge in [-0.25, -0.2) is 38.3 Å². The maximum atomic E-state index is 14.1. The molecule has 8 heterocycles. The number of methoxy groups -OCH3 is 1. The number of thiazole rings is 2. The van der Waals surface area contributed by atoms with Crippen LogP contribution in [0, 0.1) is 0 Å². The number of β-lactam (4-membered cyclic amide) rings is 2. The Morgan fingerprint density at radius 3 is 1.61 bits per heavy atom. The van der Waals surface area contributed by atoms with Gasteiger partial charge in [-0.05, 0) is 86.9 Å². The number of benzene rings is 1. The molecule has 36 heteroatoms. The second kappa shape index (κ2) is 31.4. The second-order valence-corrected chi connectivity index (χ2v) is 29.7. The third-order valence-corrected chi connectivity index (χ3v) is 18.6. The summed E-state index contributed by atoms with van der Waals surface area (Å²) >= 11 is 17.0. The molecule has 1 aromatic carbocycles. The molecule has 4 aliphatic heterocycles. The smallest absolute Gasteiger partial charge is 0.413 e. The molecule has 2 fully saturated rings. The van der Waals surface area contributed by atoms with E-state index in [4.69, 9.17) is 57.6 Å². The number of hydrogen-bond acceptors (Lipinski definition) is 25. The monoisotopic (exact) mass is 1520 g/mol. The average molecular weight is 1520 g/mol. The zero-order valence-electron chi connectivity index (χ0n) is 53.8. The summed E-state index contributed by atoms with van der Waals surface area (Å²) in [7, 11) is 1.55. The van der Waals surface area contributed by atoms with E-state index in [1.807, 2.05) is 41.2 Å². The van der Waals surface area contributed by atoms with E-state index in [-0.39, 0.29) is 77.6 Å². The first-order valence-electron chi connectivity index (χ1n) is 29.0. The number of hydrogen-bond donors (Lipinski definition) is 5. The molecular weight excluding hydrogens is 1450 g/mol. The molecule has 0 aliphatic carbocycles. The first kappa shape index (κ1) is 76.0. The van der Waals surface area contributed by atoms with E-state index in [9.17, 15) is 53.4 Å². The molecule has 4 atom stereocenters. The molecule has 0 bridgehead atoms. The van der Waals surface area contributed by atoms with Crippen molar-refractivity contribution in [3.05, 3.63) is 134 Å². The minimum absolute atomic E-state index is 0. The fourth-order valence-corrected chi connectivity index (χ4v) is 13.6. The average Bonchev–Trinajstić information content (AvgIpc) is 1.31. The van der Waals surface area contributed by atoms with Crippen molar-refractivity contribution < 1.29 is 108 Å². The number of nitrogen functional groups attached to an aromatic ring is 1. The van der Waals surface area contributed by atoms with Gasteiger partial charge in [0.2, 0.25) is 11.2 Å². The van der Waals surface area contributed by atoms with Crippen molar-refractivity contribution in [1.82, 2.24) is 30.4 Å². The number of amides is 5. The minimum Gasteiger partial charge on any atom is -1.00 e. The van der Waals surface area contributed by atoms with Gasteiger partial charge in [-0.2, -0.15) is 0 Å². The van der Waals surface area contributed by atoms with Crippen molar-refractivity contribution in [2.24, 2.45) is 10.3 Å². The number of fused-ring (bicyclic) bond motifs is 2. The van der Waals surface area contributed by atoms with Crippen molar-refractivity contribution in [3.63, 3.8) is 0 Å². The van der Waals surface area contributed by atoms with Crippen molar-refractivity contribution >= 4 is 145 Å². The number of anilines is 2. The molecule has 9 rings (SSSR count). The highest BCUT2D eigenvalue weighted by atomic mass is 79.9. The normalized spacial score (nSPS) is 17.9.